The van der Waals surface area contributed by atoms with Gasteiger partial charge in [0.15, 0.2) is 0 Å². The number of carbonyl (C=O) groups excluding carboxylic acids is 1. The molecule has 2 N–H and O–H groups in total. The van der Waals surface area contributed by atoms with E-state index in [1.807, 2.05) is 29.1 Å². The topological polar surface area (TPSA) is 80.3 Å². The molecule has 0 bridgehead atoms. The van der Waals surface area contributed by atoms with Crippen molar-refractivity contribution in [1.82, 2.24) is 24.3 Å². The number of nitrogens with zero attached hydrogens (tertiary/aromatic N) is 5. The first-order valence-electron chi connectivity index (χ1n) is 14.6. The lowest BCUT2D eigenvalue weighted by molar-refractivity contribution is -0.131. The van der Waals surface area contributed by atoms with Gasteiger partial charge in [0.25, 0.3) is 0 Å². The van der Waals surface area contributed by atoms with Crippen LogP contribution in [0.25, 0.3) is 17.0 Å². The van der Waals surface area contributed by atoms with Crippen molar-refractivity contribution in [3.8, 4) is 0 Å². The number of hydrogen-bond acceptors (Lipinski definition) is 6. The molecule has 206 valence electrons. The number of nitrogens with two attached hydrogens (primary N) is 1. The molecule has 1 fully saturated rings. The first kappa shape index (κ1) is 26.5. The van der Waals surface area contributed by atoms with Crippen molar-refractivity contribution in [3.05, 3.63) is 64.9 Å². The van der Waals surface area contributed by atoms with Gasteiger partial charge in [-0.1, -0.05) is 12.1 Å². The van der Waals surface area contributed by atoms with Gasteiger partial charge in [-0.15, -0.1) is 0 Å². The molecular weight excluding hydrogens is 504 g/mol. The van der Waals surface area contributed by atoms with Crippen molar-refractivity contribution in [3.63, 3.8) is 0 Å². The highest BCUT2D eigenvalue weighted by Crippen LogP contribution is 2.37. The number of unbranched alkanes of at least 4 members (excludes halogenated alkanes) is 1. The lowest BCUT2D eigenvalue weighted by Gasteiger charge is -2.35. The summed E-state index contributed by atoms with van der Waals surface area (Å²) >= 11 is 1.94. The third-order valence-corrected chi connectivity index (χ3v) is 9.49. The Bertz CT molecular complexity index is 1340. The zero-order valence-corrected chi connectivity index (χ0v) is 23.7. The van der Waals surface area contributed by atoms with Gasteiger partial charge in [0, 0.05) is 54.6 Å². The van der Waals surface area contributed by atoms with E-state index in [0.29, 0.717) is 13.1 Å². The van der Waals surface area contributed by atoms with E-state index in [4.69, 9.17) is 15.7 Å². The third kappa shape index (κ3) is 5.52. The molecule has 0 spiro atoms. The summed E-state index contributed by atoms with van der Waals surface area (Å²) in [6, 6.07) is 6.73. The summed E-state index contributed by atoms with van der Waals surface area (Å²) < 4.78 is 2.28. The maximum Gasteiger partial charge on any atom is 0.242 e. The molecule has 2 aliphatic carbocycles. The second-order valence-electron chi connectivity index (χ2n) is 11.0. The first-order valence-corrected chi connectivity index (χ1v) is 15.8. The number of hydrogen-bond donors (Lipinski definition) is 1. The van der Waals surface area contributed by atoms with E-state index >= 15 is 0 Å². The van der Waals surface area contributed by atoms with Crippen LogP contribution < -0.4 is 5.73 Å². The van der Waals surface area contributed by atoms with E-state index in [2.05, 4.69) is 39.8 Å². The van der Waals surface area contributed by atoms with E-state index in [9.17, 15) is 4.79 Å². The molecule has 8 heteroatoms. The molecule has 1 atom stereocenters. The molecule has 0 aromatic carbocycles. The average Bonchev–Trinajstić information content (AvgIpc) is 3.31. The number of pyridine rings is 2. The maximum atomic E-state index is 13.5. The van der Waals surface area contributed by atoms with E-state index in [1.165, 1.54) is 34.3 Å². The number of carbonyl (C=O) groups is 1. The Labute approximate surface area is 235 Å². The van der Waals surface area contributed by atoms with Gasteiger partial charge < -0.3 is 15.2 Å². The highest BCUT2D eigenvalue weighted by Gasteiger charge is 2.29. The zero-order valence-electron chi connectivity index (χ0n) is 22.9. The van der Waals surface area contributed by atoms with E-state index in [0.717, 1.165) is 87.4 Å². The van der Waals surface area contributed by atoms with Crippen LogP contribution in [0.2, 0.25) is 0 Å². The van der Waals surface area contributed by atoms with Crippen LogP contribution in [0.3, 0.4) is 0 Å². The summed E-state index contributed by atoms with van der Waals surface area (Å²) in [6.07, 6.45) is 15.9. The minimum absolute atomic E-state index is 0.217. The van der Waals surface area contributed by atoms with Gasteiger partial charge in [-0.2, -0.15) is 11.8 Å². The van der Waals surface area contributed by atoms with Gasteiger partial charge in [0.2, 0.25) is 5.91 Å². The molecule has 3 aliphatic rings. The average molecular weight is 545 g/mol. The molecule has 7 nitrogen and oxygen atoms in total. The SMILES string of the molecule is NCCCCN(Cc1nccc2c3c(n(CC(=O)N4CCSCC4)c12)C=CCC3)[C@H]1CCCc2cccnc21. The zero-order chi connectivity index (χ0) is 26.6. The van der Waals surface area contributed by atoms with Crippen LogP contribution in [-0.2, 0) is 30.7 Å². The number of aryl methyl sites for hydroxylation is 2. The van der Waals surface area contributed by atoms with Crippen LogP contribution in [0.15, 0.2) is 36.7 Å². The van der Waals surface area contributed by atoms with Crippen molar-refractivity contribution in [2.24, 2.45) is 5.73 Å². The van der Waals surface area contributed by atoms with Crippen LogP contribution in [0, 0.1) is 0 Å². The summed E-state index contributed by atoms with van der Waals surface area (Å²) in [5, 5.41) is 1.26. The molecule has 4 heterocycles. The predicted molar refractivity (Wildman–Crippen MR) is 160 cm³/mol. The quantitative estimate of drug-likeness (QED) is 0.397. The van der Waals surface area contributed by atoms with Gasteiger partial charge in [-0.05, 0) is 87.4 Å². The number of fused-ring (bicyclic) bond motifs is 4. The molecule has 1 aliphatic heterocycles. The lowest BCUT2D eigenvalue weighted by atomic mass is 9.90. The van der Waals surface area contributed by atoms with Gasteiger partial charge in [-0.25, -0.2) is 0 Å². The number of amides is 1. The van der Waals surface area contributed by atoms with E-state index in [-0.39, 0.29) is 11.9 Å². The molecule has 0 unspecified atom stereocenters. The van der Waals surface area contributed by atoms with Crippen molar-refractivity contribution in [1.29, 1.82) is 0 Å². The number of rotatable bonds is 9. The van der Waals surface area contributed by atoms with E-state index in [1.54, 1.807) is 0 Å². The summed E-state index contributed by atoms with van der Waals surface area (Å²) in [7, 11) is 0. The number of aromatic nitrogens is 3. The number of thioether (sulfide) groups is 1. The second-order valence-corrected chi connectivity index (χ2v) is 12.2. The monoisotopic (exact) mass is 544 g/mol. The minimum Gasteiger partial charge on any atom is -0.339 e. The molecule has 1 saturated heterocycles. The second kappa shape index (κ2) is 12.2. The summed E-state index contributed by atoms with van der Waals surface area (Å²) in [5.41, 5.74) is 13.2. The predicted octanol–water partition coefficient (Wildman–Crippen LogP) is 4.58. The maximum absolute atomic E-state index is 13.5. The Kier molecular flexibility index (Phi) is 8.32. The Hall–Kier alpha value is -2.68. The fourth-order valence-corrected chi connectivity index (χ4v) is 7.51. The van der Waals surface area contributed by atoms with Crippen LogP contribution in [0.5, 0.6) is 0 Å². The summed E-state index contributed by atoms with van der Waals surface area (Å²) in [6.45, 7) is 4.47. The van der Waals surface area contributed by atoms with Gasteiger partial charge in [0.05, 0.1) is 22.9 Å². The van der Waals surface area contributed by atoms with Crippen LogP contribution in [0.4, 0.5) is 0 Å². The standard InChI is InChI=1S/C31H40N6OS/c32-13-3-4-16-36(28-11-5-7-23-8-6-14-34-30(23)28)21-26-31-25(12-15-33-26)24-9-1-2-10-27(24)37(31)22-29(38)35-17-19-39-20-18-35/h2,6,8,10,12,14-15,28H,1,3-5,7,9,11,13,16-22,32H2/t28-/m0/s1. The fourth-order valence-electron chi connectivity index (χ4n) is 6.60. The van der Waals surface area contributed by atoms with Gasteiger partial charge >= 0.3 is 0 Å². The minimum atomic E-state index is 0.217. The van der Waals surface area contributed by atoms with Crippen molar-refractivity contribution >= 4 is 34.6 Å². The van der Waals surface area contributed by atoms with Crippen LogP contribution >= 0.6 is 11.8 Å². The van der Waals surface area contributed by atoms with Crippen molar-refractivity contribution in [2.75, 3.05) is 37.7 Å². The smallest absolute Gasteiger partial charge is 0.242 e. The molecule has 6 rings (SSSR count). The highest BCUT2D eigenvalue weighted by atomic mass is 32.2. The normalized spacial score (nSPS) is 18.9. The summed E-state index contributed by atoms with van der Waals surface area (Å²) in [5.74, 6) is 2.27. The highest BCUT2D eigenvalue weighted by molar-refractivity contribution is 7.99. The van der Waals surface area contributed by atoms with Crippen molar-refractivity contribution < 1.29 is 4.79 Å². The lowest BCUT2D eigenvalue weighted by Crippen LogP contribution is -2.40. The Balaban J connectivity index is 1.38. The Morgan fingerprint density at radius 2 is 2.03 bits per heavy atom. The van der Waals surface area contributed by atoms with Crippen LogP contribution in [-0.4, -0.2) is 67.9 Å². The number of allylic oxidation sites excluding steroid dienone is 1. The Morgan fingerprint density at radius 1 is 1.13 bits per heavy atom. The summed E-state index contributed by atoms with van der Waals surface area (Å²) in [4.78, 5) is 28.0. The molecule has 3 aromatic heterocycles. The Morgan fingerprint density at radius 3 is 2.90 bits per heavy atom. The van der Waals surface area contributed by atoms with Gasteiger partial charge in [0.1, 0.15) is 6.54 Å². The van der Waals surface area contributed by atoms with Crippen molar-refractivity contribution in [2.45, 2.75) is 64.1 Å². The molecule has 39 heavy (non-hydrogen) atoms. The third-order valence-electron chi connectivity index (χ3n) is 8.55. The molecule has 3 aromatic rings. The first-order chi connectivity index (χ1) is 19.2. The fraction of sp³-hybridized carbons (Fsp3) is 0.516. The largest absolute Gasteiger partial charge is 0.339 e. The van der Waals surface area contributed by atoms with Crippen LogP contribution in [0.1, 0.15) is 66.4 Å². The van der Waals surface area contributed by atoms with E-state index < -0.39 is 0 Å². The molecular formula is C31H40N6OS. The molecule has 1 amide bonds. The van der Waals surface area contributed by atoms with Gasteiger partial charge in [-0.3, -0.25) is 19.7 Å². The molecule has 0 saturated carbocycles. The molecule has 0 radical (unpaired) electrons.